The normalized spacial score (nSPS) is 14.0. The minimum absolute atomic E-state index is 0.0889. The van der Waals surface area contributed by atoms with Crippen molar-refractivity contribution < 1.29 is 9.84 Å². The first kappa shape index (κ1) is 14.1. The van der Waals surface area contributed by atoms with Crippen molar-refractivity contribution in [2.45, 2.75) is 40.0 Å². The molecule has 0 aliphatic rings. The lowest BCUT2D eigenvalue weighted by molar-refractivity contribution is 0.0989. The van der Waals surface area contributed by atoms with E-state index >= 15 is 0 Å². The SMILES string of the molecule is COC(C)c1c(CN)nnn1CC(C)(C)CO. The average molecular weight is 242 g/mol. The Morgan fingerprint density at radius 2 is 2.18 bits per heavy atom. The summed E-state index contributed by atoms with van der Waals surface area (Å²) in [7, 11) is 1.64. The van der Waals surface area contributed by atoms with E-state index in [1.807, 2.05) is 20.8 Å². The fourth-order valence-corrected chi connectivity index (χ4v) is 1.63. The molecule has 6 nitrogen and oxygen atoms in total. The molecule has 3 N–H and O–H groups in total. The maximum Gasteiger partial charge on any atom is 0.102 e. The van der Waals surface area contributed by atoms with Gasteiger partial charge in [0.2, 0.25) is 0 Å². The van der Waals surface area contributed by atoms with E-state index in [-0.39, 0.29) is 18.1 Å². The first-order valence-corrected chi connectivity index (χ1v) is 5.71. The molecule has 1 aromatic rings. The third-order valence-corrected chi connectivity index (χ3v) is 2.78. The van der Waals surface area contributed by atoms with Crippen molar-refractivity contribution >= 4 is 0 Å². The minimum Gasteiger partial charge on any atom is -0.396 e. The van der Waals surface area contributed by atoms with Crippen LogP contribution in [0.1, 0.15) is 38.3 Å². The van der Waals surface area contributed by atoms with Crippen molar-refractivity contribution in [3.8, 4) is 0 Å². The molecule has 6 heteroatoms. The minimum atomic E-state index is -0.248. The lowest BCUT2D eigenvalue weighted by atomic mass is 9.95. The van der Waals surface area contributed by atoms with Crippen LogP contribution in [0.4, 0.5) is 0 Å². The Hall–Kier alpha value is -0.980. The highest BCUT2D eigenvalue weighted by molar-refractivity contribution is 5.13. The molecule has 0 fully saturated rings. The van der Waals surface area contributed by atoms with Crippen LogP contribution in [0.15, 0.2) is 0 Å². The summed E-state index contributed by atoms with van der Waals surface area (Å²) >= 11 is 0. The number of aliphatic hydroxyl groups is 1. The summed E-state index contributed by atoms with van der Waals surface area (Å²) in [6, 6.07) is 0. The monoisotopic (exact) mass is 242 g/mol. The third-order valence-electron chi connectivity index (χ3n) is 2.78. The molecule has 0 saturated carbocycles. The van der Waals surface area contributed by atoms with E-state index < -0.39 is 0 Å². The molecule has 1 atom stereocenters. The topological polar surface area (TPSA) is 86.2 Å². The summed E-state index contributed by atoms with van der Waals surface area (Å²) in [5.41, 5.74) is 7.01. The van der Waals surface area contributed by atoms with Crippen molar-refractivity contribution in [2.24, 2.45) is 11.1 Å². The zero-order chi connectivity index (χ0) is 13.1. The van der Waals surface area contributed by atoms with E-state index in [0.717, 1.165) is 11.4 Å². The molecule has 0 bridgehead atoms. The van der Waals surface area contributed by atoms with Crippen LogP contribution in [0.2, 0.25) is 0 Å². The van der Waals surface area contributed by atoms with Gasteiger partial charge in [0.1, 0.15) is 5.69 Å². The van der Waals surface area contributed by atoms with Gasteiger partial charge in [0.25, 0.3) is 0 Å². The molecule has 0 aromatic carbocycles. The van der Waals surface area contributed by atoms with Gasteiger partial charge in [-0.25, -0.2) is 4.68 Å². The lowest BCUT2D eigenvalue weighted by Gasteiger charge is -2.23. The molecule has 0 radical (unpaired) electrons. The quantitative estimate of drug-likeness (QED) is 0.757. The molecule has 0 amide bonds. The van der Waals surface area contributed by atoms with Crippen LogP contribution in [0.25, 0.3) is 0 Å². The lowest BCUT2D eigenvalue weighted by Crippen LogP contribution is -2.26. The van der Waals surface area contributed by atoms with Gasteiger partial charge in [-0.2, -0.15) is 0 Å². The van der Waals surface area contributed by atoms with Gasteiger partial charge < -0.3 is 15.6 Å². The maximum atomic E-state index is 9.29. The standard InChI is InChI=1S/C11H22N4O2/c1-8(17-4)10-9(5-12)13-14-15(10)6-11(2,3)7-16/h8,16H,5-7,12H2,1-4H3. The highest BCUT2D eigenvalue weighted by Crippen LogP contribution is 2.23. The molecule has 0 saturated heterocycles. The fraction of sp³-hybridized carbons (Fsp3) is 0.818. The molecule has 0 aliphatic heterocycles. The highest BCUT2D eigenvalue weighted by Gasteiger charge is 2.24. The van der Waals surface area contributed by atoms with Crippen molar-refractivity contribution in [1.29, 1.82) is 0 Å². The number of nitrogens with zero attached hydrogens (tertiary/aromatic N) is 3. The Bertz CT molecular complexity index is 362. The predicted molar refractivity (Wildman–Crippen MR) is 64.2 cm³/mol. The second-order valence-corrected chi connectivity index (χ2v) is 4.98. The number of rotatable bonds is 6. The molecule has 0 spiro atoms. The van der Waals surface area contributed by atoms with Crippen LogP contribution in [-0.4, -0.2) is 33.8 Å². The smallest absolute Gasteiger partial charge is 0.102 e. The molecule has 17 heavy (non-hydrogen) atoms. The summed E-state index contributed by atoms with van der Waals surface area (Å²) < 4.78 is 7.08. The summed E-state index contributed by atoms with van der Waals surface area (Å²) in [5.74, 6) is 0. The first-order valence-electron chi connectivity index (χ1n) is 5.71. The number of aromatic nitrogens is 3. The van der Waals surface area contributed by atoms with Crippen LogP contribution < -0.4 is 5.73 Å². The third kappa shape index (κ3) is 3.24. The van der Waals surface area contributed by atoms with Gasteiger partial charge in [-0.3, -0.25) is 0 Å². The molecule has 0 aliphatic carbocycles. The second kappa shape index (κ2) is 5.57. The van der Waals surface area contributed by atoms with Crippen molar-refractivity contribution in [2.75, 3.05) is 13.7 Å². The number of nitrogens with two attached hydrogens (primary N) is 1. The van der Waals surface area contributed by atoms with E-state index in [9.17, 15) is 5.11 Å². The van der Waals surface area contributed by atoms with Crippen LogP contribution in [-0.2, 0) is 17.8 Å². The Kier molecular flexibility index (Phi) is 4.62. The van der Waals surface area contributed by atoms with Crippen molar-refractivity contribution in [3.05, 3.63) is 11.4 Å². The Labute approximate surface area is 102 Å². The Morgan fingerprint density at radius 3 is 2.65 bits per heavy atom. The summed E-state index contributed by atoms with van der Waals surface area (Å²) in [6.45, 7) is 6.88. The fourth-order valence-electron chi connectivity index (χ4n) is 1.63. The summed E-state index contributed by atoms with van der Waals surface area (Å²) in [4.78, 5) is 0. The van der Waals surface area contributed by atoms with Crippen LogP contribution in [0.5, 0.6) is 0 Å². The van der Waals surface area contributed by atoms with Gasteiger partial charge in [0.15, 0.2) is 0 Å². The van der Waals surface area contributed by atoms with Crippen LogP contribution in [0.3, 0.4) is 0 Å². The number of hydrogen-bond donors (Lipinski definition) is 2. The van der Waals surface area contributed by atoms with Crippen molar-refractivity contribution in [3.63, 3.8) is 0 Å². The van der Waals surface area contributed by atoms with Crippen LogP contribution in [0, 0.1) is 5.41 Å². The van der Waals surface area contributed by atoms with Gasteiger partial charge in [-0.05, 0) is 6.92 Å². The van der Waals surface area contributed by atoms with Gasteiger partial charge in [-0.15, -0.1) is 5.10 Å². The first-order chi connectivity index (χ1) is 7.95. The Balaban J connectivity index is 3.03. The van der Waals surface area contributed by atoms with Crippen LogP contribution >= 0.6 is 0 Å². The molecule has 1 heterocycles. The summed E-state index contributed by atoms with van der Waals surface area (Å²) in [6.07, 6.45) is -0.113. The molecular formula is C11H22N4O2. The second-order valence-electron chi connectivity index (χ2n) is 4.98. The zero-order valence-electron chi connectivity index (χ0n) is 11.0. The molecular weight excluding hydrogens is 220 g/mol. The van der Waals surface area contributed by atoms with Gasteiger partial charge in [0, 0.05) is 25.7 Å². The highest BCUT2D eigenvalue weighted by atomic mass is 16.5. The Morgan fingerprint density at radius 1 is 1.53 bits per heavy atom. The average Bonchev–Trinajstić information content (AvgIpc) is 2.70. The number of aliphatic hydroxyl groups excluding tert-OH is 1. The predicted octanol–water partition coefficient (Wildman–Crippen LogP) is 0.463. The van der Waals surface area contributed by atoms with Crippen molar-refractivity contribution in [1.82, 2.24) is 15.0 Å². The molecule has 1 unspecified atom stereocenters. The zero-order valence-corrected chi connectivity index (χ0v) is 11.0. The van der Waals surface area contributed by atoms with Gasteiger partial charge >= 0.3 is 0 Å². The molecule has 1 aromatic heterocycles. The maximum absolute atomic E-state index is 9.29. The number of methoxy groups -OCH3 is 1. The van der Waals surface area contributed by atoms with Gasteiger partial charge in [-0.1, -0.05) is 19.1 Å². The largest absolute Gasteiger partial charge is 0.396 e. The summed E-state index contributed by atoms with van der Waals surface area (Å²) in [5, 5.41) is 17.4. The van der Waals surface area contributed by atoms with E-state index in [0.29, 0.717) is 13.1 Å². The molecule has 1 rings (SSSR count). The van der Waals surface area contributed by atoms with Gasteiger partial charge in [0.05, 0.1) is 18.3 Å². The van der Waals surface area contributed by atoms with E-state index in [2.05, 4.69) is 10.3 Å². The number of ether oxygens (including phenoxy) is 1. The van der Waals surface area contributed by atoms with E-state index in [4.69, 9.17) is 10.5 Å². The van der Waals surface area contributed by atoms with E-state index in [1.54, 1.807) is 11.8 Å². The number of hydrogen-bond acceptors (Lipinski definition) is 5. The van der Waals surface area contributed by atoms with E-state index in [1.165, 1.54) is 0 Å². The molecule has 98 valence electrons.